The topological polar surface area (TPSA) is 86.3 Å². The van der Waals surface area contributed by atoms with Crippen LogP contribution in [0.2, 0.25) is 0 Å². The van der Waals surface area contributed by atoms with Gasteiger partial charge in [-0.05, 0) is 18.6 Å². The molecule has 0 saturated heterocycles. The quantitative estimate of drug-likeness (QED) is 0.524. The van der Waals surface area contributed by atoms with E-state index in [1.54, 1.807) is 18.3 Å². The van der Waals surface area contributed by atoms with Crippen molar-refractivity contribution in [3.8, 4) is 5.75 Å². The second-order valence-electron chi connectivity index (χ2n) is 5.13. The lowest BCUT2D eigenvalue weighted by Gasteiger charge is -2.13. The Hall–Kier alpha value is -1.89. The molecule has 6 nitrogen and oxygen atoms in total. The van der Waals surface area contributed by atoms with Gasteiger partial charge in [-0.25, -0.2) is 0 Å². The Morgan fingerprint density at radius 3 is 2.91 bits per heavy atom. The van der Waals surface area contributed by atoms with Gasteiger partial charge < -0.3 is 20.4 Å². The van der Waals surface area contributed by atoms with Crippen molar-refractivity contribution >= 4 is 23.1 Å². The molecule has 0 bridgehead atoms. The van der Waals surface area contributed by atoms with Gasteiger partial charge in [0.1, 0.15) is 0 Å². The van der Waals surface area contributed by atoms with E-state index in [0.29, 0.717) is 18.1 Å². The van der Waals surface area contributed by atoms with E-state index in [1.165, 1.54) is 4.57 Å². The van der Waals surface area contributed by atoms with E-state index in [1.807, 2.05) is 13.8 Å². The summed E-state index contributed by atoms with van der Waals surface area (Å²) in [6, 6.07) is 3.24. The zero-order valence-electron chi connectivity index (χ0n) is 13.0. The second kappa shape index (κ2) is 9.19. The predicted molar refractivity (Wildman–Crippen MR) is 90.1 cm³/mol. The molecule has 0 aliphatic rings. The number of carbonyl (C=O) groups is 1. The minimum Gasteiger partial charge on any atom is -0.478 e. The van der Waals surface area contributed by atoms with Gasteiger partial charge in [0.25, 0.3) is 11.5 Å². The molecule has 0 aromatic carbocycles. The molecule has 1 aromatic heterocycles. The SMILES string of the molecule is CCCCNC(=O)COc1cccn(CC(C)C(N)=S)c1=O. The van der Waals surface area contributed by atoms with Crippen LogP contribution >= 0.6 is 12.2 Å². The minimum atomic E-state index is -0.299. The molecule has 0 spiro atoms. The first-order valence-electron chi connectivity index (χ1n) is 7.34. The molecule has 1 rings (SSSR count). The van der Waals surface area contributed by atoms with Crippen LogP contribution in [0.3, 0.4) is 0 Å². The van der Waals surface area contributed by atoms with Gasteiger partial charge in [-0.2, -0.15) is 0 Å². The van der Waals surface area contributed by atoms with Gasteiger partial charge in [0.2, 0.25) is 0 Å². The molecule has 1 amide bonds. The number of amides is 1. The summed E-state index contributed by atoms with van der Waals surface area (Å²) in [5.74, 6) is -0.191. The highest BCUT2D eigenvalue weighted by Crippen LogP contribution is 2.05. The Morgan fingerprint density at radius 1 is 1.55 bits per heavy atom. The summed E-state index contributed by atoms with van der Waals surface area (Å²) in [5.41, 5.74) is 5.26. The third-order valence-corrected chi connectivity index (χ3v) is 3.56. The summed E-state index contributed by atoms with van der Waals surface area (Å²) in [6.07, 6.45) is 3.57. The van der Waals surface area contributed by atoms with Crippen LogP contribution in [0.4, 0.5) is 0 Å². The van der Waals surface area contributed by atoms with Crippen molar-refractivity contribution in [2.75, 3.05) is 13.2 Å². The maximum atomic E-state index is 12.2. The highest BCUT2D eigenvalue weighted by molar-refractivity contribution is 7.80. The molecular weight excluding hydrogens is 302 g/mol. The van der Waals surface area contributed by atoms with E-state index in [9.17, 15) is 9.59 Å². The van der Waals surface area contributed by atoms with Crippen LogP contribution in [0.25, 0.3) is 0 Å². The van der Waals surface area contributed by atoms with Crippen molar-refractivity contribution in [3.63, 3.8) is 0 Å². The van der Waals surface area contributed by atoms with Crippen molar-refractivity contribution in [3.05, 3.63) is 28.7 Å². The monoisotopic (exact) mass is 325 g/mol. The molecule has 1 atom stereocenters. The lowest BCUT2D eigenvalue weighted by atomic mass is 10.2. The second-order valence-corrected chi connectivity index (χ2v) is 5.60. The molecule has 3 N–H and O–H groups in total. The number of nitrogens with two attached hydrogens (primary N) is 1. The van der Waals surface area contributed by atoms with Gasteiger partial charge in [-0.3, -0.25) is 9.59 Å². The Balaban J connectivity index is 2.63. The first kappa shape index (κ1) is 18.2. The number of thiocarbonyl (C=S) groups is 1. The van der Waals surface area contributed by atoms with E-state index in [2.05, 4.69) is 5.32 Å². The molecule has 7 heteroatoms. The first-order chi connectivity index (χ1) is 10.5. The number of carbonyl (C=O) groups excluding carboxylic acids is 1. The average molecular weight is 325 g/mol. The van der Waals surface area contributed by atoms with Gasteiger partial charge in [-0.15, -0.1) is 0 Å². The molecule has 0 saturated carbocycles. The molecule has 0 radical (unpaired) electrons. The smallest absolute Gasteiger partial charge is 0.292 e. The minimum absolute atomic E-state index is 0.0970. The van der Waals surface area contributed by atoms with Crippen LogP contribution in [0.5, 0.6) is 5.75 Å². The van der Waals surface area contributed by atoms with Crippen LogP contribution in [0.15, 0.2) is 23.1 Å². The molecule has 0 fully saturated rings. The molecule has 1 aromatic rings. The van der Waals surface area contributed by atoms with Crippen molar-refractivity contribution in [1.82, 2.24) is 9.88 Å². The fourth-order valence-electron chi connectivity index (χ4n) is 1.75. The number of nitrogens with zero attached hydrogens (tertiary/aromatic N) is 1. The highest BCUT2D eigenvalue weighted by Gasteiger charge is 2.11. The molecule has 1 heterocycles. The maximum Gasteiger partial charge on any atom is 0.292 e. The summed E-state index contributed by atoms with van der Waals surface area (Å²) in [6.45, 7) is 4.72. The van der Waals surface area contributed by atoms with Gasteiger partial charge in [0.15, 0.2) is 12.4 Å². The van der Waals surface area contributed by atoms with Crippen molar-refractivity contribution in [2.45, 2.75) is 33.2 Å². The molecule has 0 aliphatic heterocycles. The average Bonchev–Trinajstić information content (AvgIpc) is 2.48. The van der Waals surface area contributed by atoms with Crippen LogP contribution in [0, 0.1) is 5.92 Å². The Bertz CT molecular complexity index is 571. The van der Waals surface area contributed by atoms with Crippen LogP contribution in [0.1, 0.15) is 26.7 Å². The fourth-order valence-corrected chi connectivity index (χ4v) is 1.83. The summed E-state index contributed by atoms with van der Waals surface area (Å²) in [5, 5.41) is 2.73. The number of nitrogens with one attached hydrogen (secondary N) is 1. The summed E-state index contributed by atoms with van der Waals surface area (Å²) in [4.78, 5) is 24.2. The zero-order valence-corrected chi connectivity index (χ0v) is 13.8. The fraction of sp³-hybridized carbons (Fsp3) is 0.533. The standard InChI is InChI=1S/C15H23N3O3S/c1-3-4-7-17-13(19)10-21-12-6-5-8-18(15(12)20)9-11(2)14(16)22/h5-6,8,11H,3-4,7,9-10H2,1-2H3,(H2,16,22)(H,17,19). The van der Waals surface area contributed by atoms with Gasteiger partial charge in [0, 0.05) is 25.2 Å². The first-order valence-corrected chi connectivity index (χ1v) is 7.74. The third kappa shape index (κ3) is 5.85. The predicted octanol–water partition coefficient (Wildman–Crippen LogP) is 1.07. The maximum absolute atomic E-state index is 12.2. The van der Waals surface area contributed by atoms with E-state index in [4.69, 9.17) is 22.7 Å². The van der Waals surface area contributed by atoms with E-state index < -0.39 is 0 Å². The summed E-state index contributed by atoms with van der Waals surface area (Å²) < 4.78 is 6.78. The lowest BCUT2D eigenvalue weighted by molar-refractivity contribution is -0.123. The highest BCUT2D eigenvalue weighted by atomic mass is 32.1. The number of rotatable bonds is 9. The Morgan fingerprint density at radius 2 is 2.27 bits per heavy atom. The van der Waals surface area contributed by atoms with Crippen molar-refractivity contribution in [2.24, 2.45) is 11.7 Å². The van der Waals surface area contributed by atoms with Crippen LogP contribution in [-0.4, -0.2) is 28.6 Å². The Kier molecular flexibility index (Phi) is 7.59. The number of hydrogen-bond donors (Lipinski definition) is 2. The van der Waals surface area contributed by atoms with Crippen molar-refractivity contribution in [1.29, 1.82) is 0 Å². The largest absolute Gasteiger partial charge is 0.478 e. The van der Waals surface area contributed by atoms with Crippen LogP contribution < -0.4 is 21.3 Å². The number of hydrogen-bond acceptors (Lipinski definition) is 4. The zero-order chi connectivity index (χ0) is 16.5. The molecule has 122 valence electrons. The van der Waals surface area contributed by atoms with Gasteiger partial charge in [0.05, 0.1) is 4.99 Å². The van der Waals surface area contributed by atoms with E-state index >= 15 is 0 Å². The third-order valence-electron chi connectivity index (χ3n) is 3.15. The van der Waals surface area contributed by atoms with Gasteiger partial charge in [-0.1, -0.05) is 32.5 Å². The van der Waals surface area contributed by atoms with Crippen molar-refractivity contribution < 1.29 is 9.53 Å². The lowest BCUT2D eigenvalue weighted by Crippen LogP contribution is -2.32. The van der Waals surface area contributed by atoms with E-state index in [0.717, 1.165) is 12.8 Å². The molecular formula is C15H23N3O3S. The normalized spacial score (nSPS) is 11.7. The van der Waals surface area contributed by atoms with Crippen LogP contribution in [-0.2, 0) is 11.3 Å². The number of pyridine rings is 1. The number of ether oxygens (including phenoxy) is 1. The summed E-state index contributed by atoms with van der Waals surface area (Å²) in [7, 11) is 0. The summed E-state index contributed by atoms with van der Waals surface area (Å²) >= 11 is 4.91. The van der Waals surface area contributed by atoms with E-state index in [-0.39, 0.29) is 29.7 Å². The molecule has 22 heavy (non-hydrogen) atoms. The molecule has 0 aliphatic carbocycles. The number of aromatic nitrogens is 1. The van der Waals surface area contributed by atoms with Gasteiger partial charge >= 0.3 is 0 Å². The number of unbranched alkanes of at least 4 members (excludes halogenated alkanes) is 1. The molecule has 1 unspecified atom stereocenters. The Labute approximate surface area is 135 Å².